The predicted octanol–water partition coefficient (Wildman–Crippen LogP) is -0.132. The van der Waals surface area contributed by atoms with E-state index in [9.17, 15) is 13.2 Å². The lowest BCUT2D eigenvalue weighted by molar-refractivity contribution is -0.138. The maximum atomic E-state index is 11.7. The fraction of sp³-hybridized carbons (Fsp3) is 0.889. The van der Waals surface area contributed by atoms with Crippen LogP contribution in [-0.2, 0) is 19.7 Å². The number of carbonyl (C=O) groups is 1. The molecule has 0 bridgehead atoms. The second kappa shape index (κ2) is 5.60. The lowest BCUT2D eigenvalue weighted by Gasteiger charge is -2.32. The topological polar surface area (TPSA) is 75.7 Å². The minimum atomic E-state index is -3.33. The van der Waals surface area contributed by atoms with E-state index in [4.69, 9.17) is 4.84 Å². The number of sulfonamides is 1. The molecule has 0 aromatic rings. The van der Waals surface area contributed by atoms with Crippen LogP contribution in [0, 0.1) is 0 Å². The molecule has 1 atom stereocenters. The number of nitrogens with zero attached hydrogens (tertiary/aromatic N) is 1. The Morgan fingerprint density at radius 3 is 2.75 bits per heavy atom. The van der Waals surface area contributed by atoms with Crippen molar-refractivity contribution in [2.45, 2.75) is 32.2 Å². The van der Waals surface area contributed by atoms with Crippen molar-refractivity contribution in [1.82, 2.24) is 9.79 Å². The highest BCUT2D eigenvalue weighted by atomic mass is 32.2. The smallest absolute Gasteiger partial charge is 0.261 e. The van der Waals surface area contributed by atoms with Crippen LogP contribution in [0.1, 0.15) is 26.2 Å². The summed E-state index contributed by atoms with van der Waals surface area (Å²) in [6.45, 7) is 2.51. The average Bonchev–Trinajstić information content (AvgIpc) is 2.24. The summed E-state index contributed by atoms with van der Waals surface area (Å²) >= 11 is 0. The van der Waals surface area contributed by atoms with Crippen LogP contribution in [0.5, 0.6) is 0 Å². The van der Waals surface area contributed by atoms with Gasteiger partial charge in [0.05, 0.1) is 12.9 Å². The van der Waals surface area contributed by atoms with Gasteiger partial charge >= 0.3 is 0 Å². The summed E-state index contributed by atoms with van der Waals surface area (Å²) in [6.07, 6.45) is 3.33. The van der Waals surface area contributed by atoms with E-state index in [1.807, 2.05) is 0 Å². The number of rotatable bonds is 4. The van der Waals surface area contributed by atoms with Crippen LogP contribution in [0.4, 0.5) is 0 Å². The van der Waals surface area contributed by atoms with E-state index in [0.717, 1.165) is 19.1 Å². The van der Waals surface area contributed by atoms with Crippen LogP contribution in [0.15, 0.2) is 0 Å². The van der Waals surface area contributed by atoms with Crippen LogP contribution in [0.25, 0.3) is 0 Å². The lowest BCUT2D eigenvalue weighted by Crippen LogP contribution is -2.51. The Labute approximate surface area is 96.0 Å². The minimum Gasteiger partial charge on any atom is -0.274 e. The molecule has 1 aliphatic heterocycles. The second-order valence-electron chi connectivity index (χ2n) is 3.78. The van der Waals surface area contributed by atoms with E-state index in [2.05, 4.69) is 5.48 Å². The molecular weight excluding hydrogens is 232 g/mol. The molecule has 1 aliphatic rings. The molecule has 1 fully saturated rings. The van der Waals surface area contributed by atoms with Gasteiger partial charge in [-0.05, 0) is 19.8 Å². The molecule has 1 rings (SSSR count). The summed E-state index contributed by atoms with van der Waals surface area (Å²) in [6, 6.07) is -0.629. The van der Waals surface area contributed by atoms with Gasteiger partial charge in [-0.3, -0.25) is 9.63 Å². The molecule has 0 aromatic carbocycles. The third kappa shape index (κ3) is 3.43. The van der Waals surface area contributed by atoms with Gasteiger partial charge < -0.3 is 0 Å². The van der Waals surface area contributed by atoms with E-state index in [0.29, 0.717) is 19.6 Å². The quantitative estimate of drug-likeness (QED) is 0.705. The highest BCUT2D eigenvalue weighted by Crippen LogP contribution is 2.19. The van der Waals surface area contributed by atoms with Crippen molar-refractivity contribution < 1.29 is 18.0 Å². The van der Waals surface area contributed by atoms with E-state index in [1.54, 1.807) is 6.92 Å². The van der Waals surface area contributed by atoms with E-state index in [1.165, 1.54) is 4.31 Å². The number of amides is 1. The highest BCUT2D eigenvalue weighted by molar-refractivity contribution is 7.88. The Hall–Kier alpha value is -0.660. The molecular formula is C9H18N2O4S. The fourth-order valence-corrected chi connectivity index (χ4v) is 2.90. The van der Waals surface area contributed by atoms with Crippen molar-refractivity contribution in [2.75, 3.05) is 19.4 Å². The van der Waals surface area contributed by atoms with Crippen LogP contribution >= 0.6 is 0 Å². The van der Waals surface area contributed by atoms with Gasteiger partial charge in [0.1, 0.15) is 6.04 Å². The van der Waals surface area contributed by atoms with Crippen molar-refractivity contribution in [1.29, 1.82) is 0 Å². The third-order valence-electron chi connectivity index (χ3n) is 2.50. The SMILES string of the molecule is CCONC(=O)C1CCCCN1S(C)(=O)=O. The van der Waals surface area contributed by atoms with Crippen molar-refractivity contribution in [3.05, 3.63) is 0 Å². The third-order valence-corrected chi connectivity index (χ3v) is 3.79. The van der Waals surface area contributed by atoms with Gasteiger partial charge in [0, 0.05) is 6.54 Å². The summed E-state index contributed by atoms with van der Waals surface area (Å²) in [5.41, 5.74) is 2.26. The maximum absolute atomic E-state index is 11.7. The number of hydrogen-bond donors (Lipinski definition) is 1. The minimum absolute atomic E-state index is 0.358. The molecule has 1 amide bonds. The molecule has 6 nitrogen and oxygen atoms in total. The van der Waals surface area contributed by atoms with Gasteiger partial charge in [-0.25, -0.2) is 13.9 Å². The molecule has 0 saturated carbocycles. The van der Waals surface area contributed by atoms with Gasteiger partial charge in [0.25, 0.3) is 5.91 Å². The zero-order valence-corrected chi connectivity index (χ0v) is 10.4. The first-order chi connectivity index (χ1) is 7.46. The lowest BCUT2D eigenvalue weighted by atomic mass is 10.0. The maximum Gasteiger partial charge on any atom is 0.261 e. The molecule has 0 spiro atoms. The number of hydrogen-bond acceptors (Lipinski definition) is 4. The Bertz CT molecular complexity index is 341. The van der Waals surface area contributed by atoms with Gasteiger partial charge in [-0.1, -0.05) is 6.42 Å². The van der Waals surface area contributed by atoms with Crippen molar-refractivity contribution in [2.24, 2.45) is 0 Å². The van der Waals surface area contributed by atoms with Crippen molar-refractivity contribution in [3.63, 3.8) is 0 Å². The zero-order chi connectivity index (χ0) is 12.2. The molecule has 0 aliphatic carbocycles. The summed E-state index contributed by atoms with van der Waals surface area (Å²) in [5, 5.41) is 0. The summed E-state index contributed by atoms with van der Waals surface area (Å²) in [4.78, 5) is 16.5. The molecule has 16 heavy (non-hydrogen) atoms. The first kappa shape index (κ1) is 13.4. The predicted molar refractivity (Wildman–Crippen MR) is 59.0 cm³/mol. The summed E-state index contributed by atoms with van der Waals surface area (Å²) in [7, 11) is -3.33. The Balaban J connectivity index is 2.71. The highest BCUT2D eigenvalue weighted by Gasteiger charge is 2.34. The molecule has 0 radical (unpaired) electrons. The van der Waals surface area contributed by atoms with Crippen LogP contribution in [0.3, 0.4) is 0 Å². The van der Waals surface area contributed by atoms with Crippen LogP contribution < -0.4 is 5.48 Å². The first-order valence-corrected chi connectivity index (χ1v) is 7.20. The number of hydroxylamine groups is 1. The average molecular weight is 250 g/mol. The molecule has 7 heteroatoms. The normalized spacial score (nSPS) is 23.0. The van der Waals surface area contributed by atoms with Crippen LogP contribution in [0.2, 0.25) is 0 Å². The molecule has 1 heterocycles. The van der Waals surface area contributed by atoms with Gasteiger partial charge in [0.15, 0.2) is 0 Å². The zero-order valence-electron chi connectivity index (χ0n) is 9.60. The largest absolute Gasteiger partial charge is 0.274 e. The van der Waals surface area contributed by atoms with Gasteiger partial charge in [-0.15, -0.1) is 0 Å². The summed E-state index contributed by atoms with van der Waals surface area (Å²) < 4.78 is 24.2. The number of nitrogens with one attached hydrogen (secondary N) is 1. The Morgan fingerprint density at radius 1 is 1.50 bits per heavy atom. The monoisotopic (exact) mass is 250 g/mol. The van der Waals surface area contributed by atoms with Crippen molar-refractivity contribution >= 4 is 15.9 Å². The van der Waals surface area contributed by atoms with Gasteiger partial charge in [0.2, 0.25) is 10.0 Å². The first-order valence-electron chi connectivity index (χ1n) is 5.35. The summed E-state index contributed by atoms with van der Waals surface area (Å²) in [5.74, 6) is -0.382. The van der Waals surface area contributed by atoms with E-state index in [-0.39, 0.29) is 5.91 Å². The number of piperidine rings is 1. The van der Waals surface area contributed by atoms with E-state index < -0.39 is 16.1 Å². The molecule has 94 valence electrons. The standard InChI is InChI=1S/C9H18N2O4S/c1-3-15-10-9(12)8-6-4-5-7-11(8)16(2,13)14/h8H,3-7H2,1-2H3,(H,10,12). The molecule has 0 aromatic heterocycles. The second-order valence-corrected chi connectivity index (χ2v) is 5.72. The van der Waals surface area contributed by atoms with Gasteiger partial charge in [-0.2, -0.15) is 4.31 Å². The molecule has 1 N–H and O–H groups in total. The number of carbonyl (C=O) groups excluding carboxylic acids is 1. The molecule has 1 unspecified atom stereocenters. The Kier molecular flexibility index (Phi) is 4.69. The van der Waals surface area contributed by atoms with E-state index >= 15 is 0 Å². The Morgan fingerprint density at radius 2 is 2.19 bits per heavy atom. The van der Waals surface area contributed by atoms with Crippen molar-refractivity contribution in [3.8, 4) is 0 Å². The van der Waals surface area contributed by atoms with Crippen LogP contribution in [-0.4, -0.2) is 44.1 Å². The fourth-order valence-electron chi connectivity index (χ4n) is 1.78. The molecule has 1 saturated heterocycles.